The summed E-state index contributed by atoms with van der Waals surface area (Å²) >= 11 is 3.29. The van der Waals surface area contributed by atoms with E-state index in [1.807, 2.05) is 12.2 Å². The van der Waals surface area contributed by atoms with Crippen LogP contribution in [0.5, 0.6) is 0 Å². The Morgan fingerprint density at radius 1 is 1.11 bits per heavy atom. The number of aromatic nitrogens is 5. The van der Waals surface area contributed by atoms with E-state index in [-0.39, 0.29) is 23.4 Å². The third kappa shape index (κ3) is 6.86. The molecule has 1 aliphatic heterocycles. The van der Waals surface area contributed by atoms with E-state index in [1.54, 1.807) is 56.6 Å². The lowest BCUT2D eigenvalue weighted by Gasteiger charge is -2.28. The fourth-order valence-electron chi connectivity index (χ4n) is 5.36. The van der Waals surface area contributed by atoms with Crippen LogP contribution >= 0.6 is 15.9 Å². The molecule has 0 aliphatic carbocycles. The van der Waals surface area contributed by atoms with E-state index in [1.165, 1.54) is 9.58 Å². The summed E-state index contributed by atoms with van der Waals surface area (Å²) in [6, 6.07) is 6.73. The number of hydrogen-bond acceptors (Lipinski definition) is 7. The number of carbonyl (C=O) groups excluding carboxylic acids is 3. The lowest BCUT2D eigenvalue weighted by Crippen LogP contribution is -2.48. The molecule has 238 valence electrons. The Hall–Kier alpha value is -4.84. The van der Waals surface area contributed by atoms with Gasteiger partial charge in [-0.2, -0.15) is 18.3 Å². The van der Waals surface area contributed by atoms with Crippen molar-refractivity contribution >= 4 is 50.4 Å². The highest BCUT2D eigenvalue weighted by Crippen LogP contribution is 2.32. The van der Waals surface area contributed by atoms with Gasteiger partial charge in [0.25, 0.3) is 5.91 Å². The Balaban J connectivity index is 1.49. The van der Waals surface area contributed by atoms with Gasteiger partial charge in [0.1, 0.15) is 35.4 Å². The smallest absolute Gasteiger partial charge is 0.342 e. The summed E-state index contributed by atoms with van der Waals surface area (Å²) < 4.78 is 40.6. The first-order chi connectivity index (χ1) is 21.8. The minimum atomic E-state index is -4.65. The molecule has 0 bridgehead atoms. The molecule has 1 aliphatic rings. The molecule has 15 heteroatoms. The van der Waals surface area contributed by atoms with E-state index < -0.39 is 49.1 Å². The number of hydrogen-bond donors (Lipinski definition) is 2. The van der Waals surface area contributed by atoms with Crippen LogP contribution in [0.25, 0.3) is 22.0 Å². The molecule has 5 rings (SSSR count). The van der Waals surface area contributed by atoms with Gasteiger partial charge < -0.3 is 15.5 Å². The van der Waals surface area contributed by atoms with Crippen LogP contribution in [0.3, 0.4) is 0 Å². The van der Waals surface area contributed by atoms with Crippen molar-refractivity contribution in [2.45, 2.75) is 52.0 Å². The van der Waals surface area contributed by atoms with Crippen LogP contribution in [-0.4, -0.2) is 72.2 Å². The zero-order valence-corrected chi connectivity index (χ0v) is 26.5. The largest absolute Gasteiger partial charge is 0.405 e. The third-order valence-electron chi connectivity index (χ3n) is 7.65. The molecule has 4 aromatic rings. The van der Waals surface area contributed by atoms with Crippen molar-refractivity contribution in [3.05, 3.63) is 64.4 Å². The molecule has 4 heterocycles. The van der Waals surface area contributed by atoms with Crippen LogP contribution in [0.1, 0.15) is 35.2 Å². The fraction of sp³-hybridized carbons (Fsp3) is 0.323. The van der Waals surface area contributed by atoms with Gasteiger partial charge in [0.05, 0.1) is 11.6 Å². The van der Waals surface area contributed by atoms with Crippen LogP contribution in [0, 0.1) is 32.1 Å². The molecule has 1 saturated heterocycles. The summed E-state index contributed by atoms with van der Waals surface area (Å²) in [5, 5.41) is 9.11. The Labute approximate surface area is 270 Å². The number of terminal acetylenes is 1. The second-order valence-electron chi connectivity index (χ2n) is 11.0. The Morgan fingerprint density at radius 3 is 2.50 bits per heavy atom. The lowest BCUT2D eigenvalue weighted by atomic mass is 10.0. The number of nitrogens with one attached hydrogen (secondary N) is 2. The molecule has 11 nitrogen and oxygen atoms in total. The second kappa shape index (κ2) is 12.9. The molecule has 0 spiro atoms. The van der Waals surface area contributed by atoms with Crippen molar-refractivity contribution in [2.24, 2.45) is 5.92 Å². The molecule has 2 N–H and O–H groups in total. The van der Waals surface area contributed by atoms with Crippen molar-refractivity contribution in [2.75, 3.05) is 11.9 Å². The molecule has 3 amide bonds. The number of aryl methyl sites for hydroxylation is 2. The molecular formula is C31H28BrF3N8O3. The molecule has 1 aromatic carbocycles. The maximum absolute atomic E-state index is 13.9. The highest BCUT2D eigenvalue weighted by Gasteiger charge is 2.44. The first kappa shape index (κ1) is 32.6. The van der Waals surface area contributed by atoms with E-state index in [9.17, 15) is 27.6 Å². The number of rotatable bonds is 7. The number of carbonyl (C=O) groups is 3. The summed E-state index contributed by atoms with van der Waals surface area (Å²) in [5.74, 6) is 1.14. The summed E-state index contributed by atoms with van der Waals surface area (Å²) in [6.45, 7) is 3.32. The Kier molecular flexibility index (Phi) is 9.11. The number of anilines is 1. The molecule has 0 saturated carbocycles. The molecule has 0 unspecified atom stereocenters. The van der Waals surface area contributed by atoms with Gasteiger partial charge in [0.2, 0.25) is 11.8 Å². The number of fused-ring (bicyclic) bond motifs is 1. The zero-order chi connectivity index (χ0) is 33.3. The number of amides is 3. The normalized spacial score (nSPS) is 18.0. The minimum absolute atomic E-state index is 0.208. The molecule has 0 radical (unpaired) electrons. The van der Waals surface area contributed by atoms with Crippen molar-refractivity contribution < 1.29 is 27.6 Å². The zero-order valence-electron chi connectivity index (χ0n) is 24.9. The van der Waals surface area contributed by atoms with Gasteiger partial charge in [0, 0.05) is 23.3 Å². The van der Waals surface area contributed by atoms with Gasteiger partial charge in [-0.15, -0.1) is 6.42 Å². The van der Waals surface area contributed by atoms with Gasteiger partial charge in [-0.25, -0.2) is 15.0 Å². The summed E-state index contributed by atoms with van der Waals surface area (Å²) in [6.07, 6.45) is 4.60. The van der Waals surface area contributed by atoms with Gasteiger partial charge in [0.15, 0.2) is 5.69 Å². The molecular weight excluding hydrogens is 669 g/mol. The minimum Gasteiger partial charge on any atom is -0.342 e. The first-order valence-electron chi connectivity index (χ1n) is 14.1. The van der Waals surface area contributed by atoms with Crippen LogP contribution in [0.4, 0.5) is 19.0 Å². The summed E-state index contributed by atoms with van der Waals surface area (Å²) in [5.41, 5.74) is 1.89. The van der Waals surface area contributed by atoms with Crippen molar-refractivity contribution in [3.8, 4) is 23.5 Å². The van der Waals surface area contributed by atoms with Crippen molar-refractivity contribution in [3.63, 3.8) is 0 Å². The SMILES string of the molecule is C#C[C@@H]1[C@@H](C)C[C@@H](C(=O)Nc2nc(Br)ccc2C)N1C(=O)Cn1nc(C(=O)NCC(F)(F)F)c2cc(-c3cnc(C)nc3)ccc21. The van der Waals surface area contributed by atoms with Crippen molar-refractivity contribution in [1.29, 1.82) is 0 Å². The average Bonchev–Trinajstić information content (AvgIpc) is 3.54. The highest BCUT2D eigenvalue weighted by molar-refractivity contribution is 9.10. The summed E-state index contributed by atoms with van der Waals surface area (Å²) in [7, 11) is 0. The molecule has 3 atom stereocenters. The second-order valence-corrected chi connectivity index (χ2v) is 11.8. The third-order valence-corrected chi connectivity index (χ3v) is 8.09. The number of likely N-dealkylation sites (tertiary alicyclic amines) is 1. The van der Waals surface area contributed by atoms with E-state index >= 15 is 0 Å². The number of pyridine rings is 1. The van der Waals surface area contributed by atoms with Gasteiger partial charge in [-0.1, -0.05) is 25.0 Å². The Bertz CT molecular complexity index is 1870. The van der Waals surface area contributed by atoms with Crippen LogP contribution < -0.4 is 10.6 Å². The number of halogens is 4. The average molecular weight is 698 g/mol. The molecule has 46 heavy (non-hydrogen) atoms. The predicted octanol–water partition coefficient (Wildman–Crippen LogP) is 4.44. The van der Waals surface area contributed by atoms with E-state index in [0.29, 0.717) is 38.5 Å². The highest BCUT2D eigenvalue weighted by atomic mass is 79.9. The van der Waals surface area contributed by atoms with Crippen molar-refractivity contribution in [1.82, 2.24) is 34.9 Å². The first-order valence-corrected chi connectivity index (χ1v) is 14.9. The Morgan fingerprint density at radius 2 is 1.83 bits per heavy atom. The fourth-order valence-corrected chi connectivity index (χ4v) is 5.67. The lowest BCUT2D eigenvalue weighted by molar-refractivity contribution is -0.138. The van der Waals surface area contributed by atoms with Crippen LogP contribution in [0.15, 0.2) is 47.3 Å². The van der Waals surface area contributed by atoms with Gasteiger partial charge >= 0.3 is 6.18 Å². The maximum Gasteiger partial charge on any atom is 0.405 e. The number of alkyl halides is 3. The van der Waals surface area contributed by atoms with E-state index in [2.05, 4.69) is 47.2 Å². The van der Waals surface area contributed by atoms with Gasteiger partial charge in [-0.05, 0) is 71.4 Å². The van der Waals surface area contributed by atoms with Crippen LogP contribution in [0.2, 0.25) is 0 Å². The van der Waals surface area contributed by atoms with E-state index in [0.717, 1.165) is 0 Å². The monoisotopic (exact) mass is 696 g/mol. The molecule has 1 fully saturated rings. The standard InChI is InChI=1S/C31H28BrF3N8O3/c1-5-22-17(3)10-24(29(45)40-28-16(2)6-9-25(32)39-28)43(22)26(44)14-42-23-8-7-19(20-12-36-18(4)37-13-20)11-21(23)27(41-42)30(46)38-15-31(33,34)35/h1,6-9,11-13,17,22,24H,10,14-15H2,2-4H3,(H,38,46)(H,39,40,45)/t17-,22+,24-/m0/s1. The quantitative estimate of drug-likeness (QED) is 0.216. The van der Waals surface area contributed by atoms with E-state index in [4.69, 9.17) is 6.42 Å². The maximum atomic E-state index is 13.9. The predicted molar refractivity (Wildman–Crippen MR) is 166 cm³/mol. The number of nitrogens with zero attached hydrogens (tertiary/aromatic N) is 6. The summed E-state index contributed by atoms with van der Waals surface area (Å²) in [4.78, 5) is 54.4. The molecule has 3 aromatic heterocycles. The number of benzene rings is 1. The van der Waals surface area contributed by atoms with Crippen LogP contribution in [-0.2, 0) is 16.1 Å². The van der Waals surface area contributed by atoms with Gasteiger partial charge in [-0.3, -0.25) is 19.1 Å². The topological polar surface area (TPSA) is 135 Å².